The topological polar surface area (TPSA) is 63.4 Å². The van der Waals surface area contributed by atoms with E-state index in [-0.39, 0.29) is 17.6 Å². The Morgan fingerprint density at radius 3 is 2.24 bits per heavy atom. The monoisotopic (exact) mass is 395 g/mol. The fourth-order valence-electron chi connectivity index (χ4n) is 3.55. The third kappa shape index (κ3) is 3.65. The van der Waals surface area contributed by atoms with E-state index in [1.54, 1.807) is 32.7 Å². The molecule has 0 saturated carbocycles. The van der Waals surface area contributed by atoms with E-state index in [9.17, 15) is 14.0 Å². The van der Waals surface area contributed by atoms with E-state index in [2.05, 4.69) is 5.10 Å². The molecule has 0 spiro atoms. The van der Waals surface area contributed by atoms with E-state index in [1.807, 2.05) is 29.9 Å². The summed E-state index contributed by atoms with van der Waals surface area (Å²) in [7, 11) is 1.91. The summed E-state index contributed by atoms with van der Waals surface area (Å²) >= 11 is 0. The Morgan fingerprint density at radius 2 is 1.66 bits per heavy atom. The average molecular weight is 395 g/mol. The van der Waals surface area contributed by atoms with E-state index < -0.39 is 0 Å². The first-order valence-corrected chi connectivity index (χ1v) is 9.46. The number of nitrogens with zero attached hydrogens (tertiary/aromatic N) is 5. The van der Waals surface area contributed by atoms with Crippen molar-refractivity contribution in [2.24, 2.45) is 7.05 Å². The van der Waals surface area contributed by atoms with Crippen molar-refractivity contribution >= 4 is 11.8 Å². The van der Waals surface area contributed by atoms with Crippen molar-refractivity contribution in [3.05, 3.63) is 60.2 Å². The SMILES string of the molecule is CC(=O)N1CCN(C(=O)c2cc(-c3cccn3C)nn2-c2ccc(F)cc2)CC1. The maximum atomic E-state index is 13.4. The molecule has 1 fully saturated rings. The van der Waals surface area contributed by atoms with E-state index in [0.29, 0.717) is 43.3 Å². The number of hydrogen-bond acceptors (Lipinski definition) is 3. The zero-order valence-electron chi connectivity index (χ0n) is 16.4. The molecule has 3 aromatic rings. The molecule has 8 heteroatoms. The largest absolute Gasteiger partial charge is 0.349 e. The molecule has 0 N–H and O–H groups in total. The molecule has 0 unspecified atom stereocenters. The Morgan fingerprint density at radius 1 is 1.00 bits per heavy atom. The summed E-state index contributed by atoms with van der Waals surface area (Å²) in [6.07, 6.45) is 1.91. The summed E-state index contributed by atoms with van der Waals surface area (Å²) in [5.74, 6) is -0.498. The predicted octanol–water partition coefficient (Wildman–Crippen LogP) is 2.32. The third-order valence-electron chi connectivity index (χ3n) is 5.22. The molecule has 1 saturated heterocycles. The zero-order chi connectivity index (χ0) is 20.5. The van der Waals surface area contributed by atoms with E-state index in [0.717, 1.165) is 5.69 Å². The van der Waals surface area contributed by atoms with Gasteiger partial charge in [-0.3, -0.25) is 9.59 Å². The lowest BCUT2D eigenvalue weighted by Gasteiger charge is -2.34. The number of carbonyl (C=O) groups is 2. The first kappa shape index (κ1) is 18.9. The van der Waals surface area contributed by atoms with Crippen LogP contribution in [0.25, 0.3) is 17.1 Å². The molecule has 29 heavy (non-hydrogen) atoms. The van der Waals surface area contributed by atoms with Crippen LogP contribution in [0.4, 0.5) is 4.39 Å². The van der Waals surface area contributed by atoms with Crippen LogP contribution < -0.4 is 0 Å². The number of carbonyl (C=O) groups excluding carboxylic acids is 2. The van der Waals surface area contributed by atoms with Gasteiger partial charge in [0.2, 0.25) is 5.91 Å². The molecule has 7 nitrogen and oxygen atoms in total. The molecule has 1 aliphatic heterocycles. The molecule has 3 heterocycles. The number of halogens is 1. The number of aromatic nitrogens is 3. The smallest absolute Gasteiger partial charge is 0.272 e. The highest BCUT2D eigenvalue weighted by Gasteiger charge is 2.27. The lowest BCUT2D eigenvalue weighted by Crippen LogP contribution is -2.50. The van der Waals surface area contributed by atoms with E-state index >= 15 is 0 Å². The number of piperazine rings is 1. The summed E-state index contributed by atoms with van der Waals surface area (Å²) in [4.78, 5) is 28.3. The average Bonchev–Trinajstić information content (AvgIpc) is 3.34. The predicted molar refractivity (Wildman–Crippen MR) is 106 cm³/mol. The molecular weight excluding hydrogens is 373 g/mol. The second kappa shape index (κ2) is 7.54. The molecule has 0 bridgehead atoms. The molecule has 0 radical (unpaired) electrons. The van der Waals surface area contributed by atoms with Gasteiger partial charge in [-0.05, 0) is 42.5 Å². The summed E-state index contributed by atoms with van der Waals surface area (Å²) in [5.41, 5.74) is 2.55. The summed E-state index contributed by atoms with van der Waals surface area (Å²) < 4.78 is 16.9. The highest BCUT2D eigenvalue weighted by atomic mass is 19.1. The van der Waals surface area contributed by atoms with Crippen molar-refractivity contribution in [3.63, 3.8) is 0 Å². The van der Waals surface area contributed by atoms with Crippen molar-refractivity contribution in [2.45, 2.75) is 6.92 Å². The normalized spacial score (nSPS) is 14.3. The van der Waals surface area contributed by atoms with Gasteiger partial charge in [-0.25, -0.2) is 9.07 Å². The van der Waals surface area contributed by atoms with Gasteiger partial charge in [-0.1, -0.05) is 0 Å². The first-order valence-electron chi connectivity index (χ1n) is 9.46. The van der Waals surface area contributed by atoms with Gasteiger partial charge in [0.05, 0.1) is 11.4 Å². The lowest BCUT2D eigenvalue weighted by molar-refractivity contribution is -0.130. The first-order chi connectivity index (χ1) is 13.9. The Labute approximate surface area is 167 Å². The number of benzene rings is 1. The Balaban J connectivity index is 1.70. The number of hydrogen-bond donors (Lipinski definition) is 0. The molecule has 150 valence electrons. The molecule has 0 aliphatic carbocycles. The zero-order valence-corrected chi connectivity index (χ0v) is 16.4. The van der Waals surface area contributed by atoms with Gasteiger partial charge >= 0.3 is 0 Å². The minimum Gasteiger partial charge on any atom is -0.349 e. The van der Waals surface area contributed by atoms with Crippen LogP contribution in [-0.4, -0.2) is 62.1 Å². The van der Waals surface area contributed by atoms with Crippen LogP contribution in [0, 0.1) is 5.82 Å². The van der Waals surface area contributed by atoms with E-state index in [1.165, 1.54) is 19.1 Å². The van der Waals surface area contributed by atoms with Gasteiger partial charge in [-0.2, -0.15) is 5.10 Å². The molecular formula is C21H22FN5O2. The molecule has 0 atom stereocenters. The van der Waals surface area contributed by atoms with Crippen LogP contribution in [0.2, 0.25) is 0 Å². The van der Waals surface area contributed by atoms with Crippen LogP contribution in [0.15, 0.2) is 48.7 Å². The Hall–Kier alpha value is -3.42. The highest BCUT2D eigenvalue weighted by Crippen LogP contribution is 2.23. The van der Waals surface area contributed by atoms with Crippen LogP contribution in [0.3, 0.4) is 0 Å². The maximum absolute atomic E-state index is 13.4. The van der Waals surface area contributed by atoms with Gasteiger partial charge < -0.3 is 14.4 Å². The van der Waals surface area contributed by atoms with Crippen LogP contribution in [-0.2, 0) is 11.8 Å². The van der Waals surface area contributed by atoms with Gasteiger partial charge in [0, 0.05) is 46.3 Å². The maximum Gasteiger partial charge on any atom is 0.272 e. The van der Waals surface area contributed by atoms with Crippen molar-refractivity contribution in [1.29, 1.82) is 0 Å². The van der Waals surface area contributed by atoms with Crippen molar-refractivity contribution in [1.82, 2.24) is 24.1 Å². The summed E-state index contributed by atoms with van der Waals surface area (Å²) in [6, 6.07) is 11.5. The van der Waals surface area contributed by atoms with Crippen LogP contribution in [0.1, 0.15) is 17.4 Å². The van der Waals surface area contributed by atoms with Gasteiger partial charge in [0.1, 0.15) is 17.2 Å². The minimum absolute atomic E-state index is 0.0134. The highest BCUT2D eigenvalue weighted by molar-refractivity contribution is 5.94. The summed E-state index contributed by atoms with van der Waals surface area (Å²) in [5, 5.41) is 4.63. The Kier molecular flexibility index (Phi) is 4.92. The minimum atomic E-state index is -0.350. The number of amides is 2. The molecule has 4 rings (SSSR count). The molecule has 1 aliphatic rings. The van der Waals surface area contributed by atoms with Crippen molar-refractivity contribution in [3.8, 4) is 17.1 Å². The Bertz CT molecular complexity index is 1050. The van der Waals surface area contributed by atoms with Crippen LogP contribution >= 0.6 is 0 Å². The third-order valence-corrected chi connectivity index (χ3v) is 5.22. The standard InChI is InChI=1S/C21H22FN5O2/c1-15(28)25-10-12-26(13-11-25)21(29)20-14-18(19-4-3-9-24(19)2)23-27(20)17-7-5-16(22)6-8-17/h3-9,14H,10-13H2,1-2H3. The van der Waals surface area contributed by atoms with Crippen molar-refractivity contribution < 1.29 is 14.0 Å². The van der Waals surface area contributed by atoms with Crippen LogP contribution in [0.5, 0.6) is 0 Å². The van der Waals surface area contributed by atoms with Gasteiger partial charge in [-0.15, -0.1) is 0 Å². The fraction of sp³-hybridized carbons (Fsp3) is 0.286. The second-order valence-electron chi connectivity index (χ2n) is 7.11. The molecule has 2 amide bonds. The number of rotatable bonds is 3. The quantitative estimate of drug-likeness (QED) is 0.684. The van der Waals surface area contributed by atoms with Gasteiger partial charge in [0.25, 0.3) is 5.91 Å². The molecule has 1 aromatic carbocycles. The fourth-order valence-corrected chi connectivity index (χ4v) is 3.55. The van der Waals surface area contributed by atoms with Gasteiger partial charge in [0.15, 0.2) is 0 Å². The second-order valence-corrected chi connectivity index (χ2v) is 7.11. The molecule has 2 aromatic heterocycles. The number of aryl methyl sites for hydroxylation is 1. The van der Waals surface area contributed by atoms with E-state index in [4.69, 9.17) is 0 Å². The van der Waals surface area contributed by atoms with Crippen molar-refractivity contribution in [2.75, 3.05) is 26.2 Å². The lowest BCUT2D eigenvalue weighted by atomic mass is 10.2. The summed E-state index contributed by atoms with van der Waals surface area (Å²) in [6.45, 7) is 3.49.